The molecule has 106 valence electrons. The average molecular weight is 280 g/mol. The summed E-state index contributed by atoms with van der Waals surface area (Å²) in [5, 5.41) is 0. The fourth-order valence-electron chi connectivity index (χ4n) is 2.12. The van der Waals surface area contributed by atoms with Gasteiger partial charge < -0.3 is 9.31 Å². The molecule has 0 spiro atoms. The van der Waals surface area contributed by atoms with Gasteiger partial charge in [-0.1, -0.05) is 24.3 Å². The van der Waals surface area contributed by atoms with E-state index in [1.165, 1.54) is 11.3 Å². The molecule has 0 aromatic heterocycles. The summed E-state index contributed by atoms with van der Waals surface area (Å²) in [5.41, 5.74) is 1.98. The predicted octanol–water partition coefficient (Wildman–Crippen LogP) is 2.75. The van der Waals surface area contributed by atoms with Crippen LogP contribution in [0.15, 0.2) is 24.3 Å². The largest absolute Gasteiger partial charge is 0.494 e. The van der Waals surface area contributed by atoms with Gasteiger partial charge in [0.2, 0.25) is 0 Å². The molecule has 0 amide bonds. The first-order valence-electron chi connectivity index (χ1n) is 6.80. The quantitative estimate of drug-likeness (QED) is 0.678. The molecule has 2 nitrogen and oxygen atoms in total. The third kappa shape index (κ3) is 3.18. The Bertz CT molecular complexity index is 424. The Morgan fingerprint density at radius 3 is 1.84 bits per heavy atom. The SMILES string of the molecule is C[SH](C)Cc1ccc(B2OC(C)(C)C(C)(C)O2)cc1. The van der Waals surface area contributed by atoms with Gasteiger partial charge in [-0.05, 0) is 57.0 Å². The Hall–Kier alpha value is -0.445. The van der Waals surface area contributed by atoms with Crippen molar-refractivity contribution in [2.75, 3.05) is 12.5 Å². The predicted molar refractivity (Wildman–Crippen MR) is 86.7 cm³/mol. The highest BCUT2D eigenvalue weighted by Crippen LogP contribution is 2.36. The smallest absolute Gasteiger partial charge is 0.399 e. The summed E-state index contributed by atoms with van der Waals surface area (Å²) in [7, 11) is -0.136. The number of thiol groups is 1. The van der Waals surface area contributed by atoms with Gasteiger partial charge in [-0.25, -0.2) is 0 Å². The maximum Gasteiger partial charge on any atom is 0.494 e. The fraction of sp³-hybridized carbons (Fsp3) is 0.600. The van der Waals surface area contributed by atoms with Crippen LogP contribution in [0, 0.1) is 0 Å². The molecule has 1 saturated heterocycles. The minimum Gasteiger partial charge on any atom is -0.399 e. The summed E-state index contributed by atoms with van der Waals surface area (Å²) in [6.07, 6.45) is 4.61. The van der Waals surface area contributed by atoms with Crippen molar-refractivity contribution in [2.45, 2.75) is 44.6 Å². The summed E-state index contributed by atoms with van der Waals surface area (Å²) in [4.78, 5) is 0. The van der Waals surface area contributed by atoms with E-state index in [4.69, 9.17) is 9.31 Å². The first kappa shape index (κ1) is 15.0. The molecule has 1 aliphatic heterocycles. The van der Waals surface area contributed by atoms with E-state index < -0.39 is 0 Å². The lowest BCUT2D eigenvalue weighted by Gasteiger charge is -2.32. The molecule has 1 aromatic carbocycles. The van der Waals surface area contributed by atoms with Crippen LogP contribution in [0.2, 0.25) is 0 Å². The van der Waals surface area contributed by atoms with Crippen LogP contribution in [-0.4, -0.2) is 30.8 Å². The highest BCUT2D eigenvalue weighted by Gasteiger charge is 2.51. The fourth-order valence-corrected chi connectivity index (χ4v) is 3.07. The van der Waals surface area contributed by atoms with Crippen LogP contribution in [0.5, 0.6) is 0 Å². The van der Waals surface area contributed by atoms with Crippen molar-refractivity contribution in [3.63, 3.8) is 0 Å². The number of hydrogen-bond donors (Lipinski definition) is 1. The minimum absolute atomic E-state index is 0.110. The van der Waals surface area contributed by atoms with Crippen molar-refractivity contribution in [1.29, 1.82) is 0 Å². The van der Waals surface area contributed by atoms with Gasteiger partial charge in [0, 0.05) is 0 Å². The van der Waals surface area contributed by atoms with E-state index in [1.54, 1.807) is 0 Å². The monoisotopic (exact) mass is 280 g/mol. The standard InChI is InChI=1S/C15H25BO2S/c1-14(2)15(3,4)18-16(17-14)13-9-7-12(8-10-13)11-19(5)6/h7-10,19H,11H2,1-6H3. The summed E-state index contributed by atoms with van der Waals surface area (Å²) < 4.78 is 12.1. The molecule has 2 rings (SSSR count). The van der Waals surface area contributed by atoms with Crippen LogP contribution in [0.1, 0.15) is 33.3 Å². The molecule has 0 bridgehead atoms. The third-order valence-corrected chi connectivity index (χ3v) is 5.00. The van der Waals surface area contributed by atoms with Gasteiger partial charge in [-0.2, -0.15) is 0 Å². The normalized spacial score (nSPS) is 21.6. The van der Waals surface area contributed by atoms with Gasteiger partial charge in [-0.3, -0.25) is 10.9 Å². The van der Waals surface area contributed by atoms with Crippen molar-refractivity contribution >= 4 is 23.5 Å². The average Bonchev–Trinajstić information content (AvgIpc) is 2.48. The van der Waals surface area contributed by atoms with Crippen molar-refractivity contribution in [3.05, 3.63) is 29.8 Å². The second-order valence-electron chi connectivity index (χ2n) is 6.57. The highest BCUT2D eigenvalue weighted by molar-refractivity contribution is 8.15. The molecule has 0 aliphatic carbocycles. The van der Waals surface area contributed by atoms with Gasteiger partial charge in [-0.15, -0.1) is 0 Å². The van der Waals surface area contributed by atoms with Gasteiger partial charge in [0.15, 0.2) is 0 Å². The summed E-state index contributed by atoms with van der Waals surface area (Å²) >= 11 is 0. The van der Waals surface area contributed by atoms with E-state index in [-0.39, 0.29) is 29.2 Å². The van der Waals surface area contributed by atoms with E-state index in [0.29, 0.717) is 0 Å². The number of hydrogen-bond acceptors (Lipinski definition) is 2. The van der Waals surface area contributed by atoms with Gasteiger partial charge >= 0.3 is 7.12 Å². The zero-order chi connectivity index (χ0) is 14.3. The highest BCUT2D eigenvalue weighted by atomic mass is 32.2. The minimum atomic E-state index is -0.266. The Morgan fingerprint density at radius 2 is 1.42 bits per heavy atom. The van der Waals surface area contributed by atoms with Crippen LogP contribution in [-0.2, 0) is 15.1 Å². The van der Waals surface area contributed by atoms with Crippen LogP contribution in [0.3, 0.4) is 0 Å². The molecule has 4 heteroatoms. The molecule has 1 heterocycles. The molecule has 0 atom stereocenters. The van der Waals surface area contributed by atoms with Crippen LogP contribution >= 0.6 is 10.9 Å². The molecule has 0 unspecified atom stereocenters. The van der Waals surface area contributed by atoms with Crippen molar-refractivity contribution in [2.24, 2.45) is 0 Å². The maximum atomic E-state index is 6.05. The summed E-state index contributed by atoms with van der Waals surface area (Å²) in [6, 6.07) is 8.66. The van der Waals surface area contributed by atoms with E-state index in [1.807, 2.05) is 0 Å². The van der Waals surface area contributed by atoms with Gasteiger partial charge in [0.1, 0.15) is 0 Å². The molecule has 0 N–H and O–H groups in total. The molecular formula is C15H25BO2S. The topological polar surface area (TPSA) is 18.5 Å². The van der Waals surface area contributed by atoms with E-state index >= 15 is 0 Å². The second-order valence-corrected chi connectivity index (χ2v) is 9.04. The number of benzene rings is 1. The van der Waals surface area contributed by atoms with Crippen molar-refractivity contribution in [3.8, 4) is 0 Å². The van der Waals surface area contributed by atoms with Gasteiger partial charge in [0.05, 0.1) is 11.2 Å². The van der Waals surface area contributed by atoms with Crippen molar-refractivity contribution < 1.29 is 9.31 Å². The van der Waals surface area contributed by atoms with Crippen LogP contribution in [0.25, 0.3) is 0 Å². The van der Waals surface area contributed by atoms with Gasteiger partial charge in [0.25, 0.3) is 0 Å². The number of rotatable bonds is 3. The molecular weight excluding hydrogens is 255 g/mol. The van der Waals surface area contributed by atoms with Crippen LogP contribution in [0.4, 0.5) is 0 Å². The second kappa shape index (κ2) is 5.15. The zero-order valence-corrected chi connectivity index (χ0v) is 13.8. The molecule has 19 heavy (non-hydrogen) atoms. The Kier molecular flexibility index (Phi) is 4.06. The molecule has 0 radical (unpaired) electrons. The molecule has 1 aliphatic rings. The molecule has 1 aromatic rings. The van der Waals surface area contributed by atoms with E-state index in [0.717, 1.165) is 5.46 Å². The molecule has 0 saturated carbocycles. The zero-order valence-electron chi connectivity index (χ0n) is 12.9. The Labute approximate surface area is 120 Å². The first-order valence-corrected chi connectivity index (χ1v) is 9.23. The Morgan fingerprint density at radius 1 is 0.947 bits per heavy atom. The van der Waals surface area contributed by atoms with Crippen LogP contribution < -0.4 is 5.46 Å². The lowest BCUT2D eigenvalue weighted by Crippen LogP contribution is -2.41. The third-order valence-electron chi connectivity index (χ3n) is 4.00. The van der Waals surface area contributed by atoms with Crippen molar-refractivity contribution in [1.82, 2.24) is 0 Å². The first-order chi connectivity index (χ1) is 8.71. The summed E-state index contributed by atoms with van der Waals surface area (Å²) in [5.74, 6) is 1.18. The lowest BCUT2D eigenvalue weighted by atomic mass is 9.79. The Balaban J connectivity index is 2.12. The lowest BCUT2D eigenvalue weighted by molar-refractivity contribution is 0.00578. The van der Waals surface area contributed by atoms with E-state index in [9.17, 15) is 0 Å². The summed E-state index contributed by atoms with van der Waals surface area (Å²) in [6.45, 7) is 8.34. The maximum absolute atomic E-state index is 6.05. The van der Waals surface area contributed by atoms with E-state index in [2.05, 4.69) is 64.5 Å². The molecule has 1 fully saturated rings.